The molecule has 0 radical (unpaired) electrons. The lowest BCUT2D eigenvalue weighted by Crippen LogP contribution is -2.36. The minimum atomic E-state index is 0.246. The number of hydrogen-bond acceptors (Lipinski definition) is 2. The Morgan fingerprint density at radius 2 is 1.60 bits per heavy atom. The molecule has 1 aromatic carbocycles. The standard InChI is InChI=1S/C18H31NO/c1-13(2)12-16-6-8-17(9-7-16)15(5)19-18(10-11-20)14(3)4/h6-9,13-15,18-20H,10-12H2,1-5H3. The zero-order chi connectivity index (χ0) is 15.1. The van der Waals surface area contributed by atoms with E-state index in [-0.39, 0.29) is 6.61 Å². The van der Waals surface area contributed by atoms with Crippen LogP contribution in [0.25, 0.3) is 0 Å². The van der Waals surface area contributed by atoms with Gasteiger partial charge in [-0.3, -0.25) is 0 Å². The first-order valence-corrected chi connectivity index (χ1v) is 7.89. The first-order chi connectivity index (χ1) is 9.43. The summed E-state index contributed by atoms with van der Waals surface area (Å²) in [5, 5.41) is 12.8. The van der Waals surface area contributed by atoms with E-state index in [4.69, 9.17) is 5.11 Å². The van der Waals surface area contributed by atoms with Gasteiger partial charge in [-0.05, 0) is 42.7 Å². The van der Waals surface area contributed by atoms with Gasteiger partial charge >= 0.3 is 0 Å². The Balaban J connectivity index is 2.64. The molecule has 0 fully saturated rings. The van der Waals surface area contributed by atoms with Crippen molar-refractivity contribution in [3.63, 3.8) is 0 Å². The van der Waals surface area contributed by atoms with Gasteiger partial charge in [0, 0.05) is 18.7 Å². The molecule has 2 unspecified atom stereocenters. The highest BCUT2D eigenvalue weighted by molar-refractivity contribution is 5.25. The molecule has 0 spiro atoms. The fraction of sp³-hybridized carbons (Fsp3) is 0.667. The third-order valence-corrected chi connectivity index (χ3v) is 3.83. The minimum Gasteiger partial charge on any atom is -0.396 e. The van der Waals surface area contributed by atoms with E-state index in [1.807, 2.05) is 0 Å². The highest BCUT2D eigenvalue weighted by atomic mass is 16.3. The van der Waals surface area contributed by atoms with Crippen LogP contribution in [0.5, 0.6) is 0 Å². The molecule has 2 heteroatoms. The first-order valence-electron chi connectivity index (χ1n) is 7.89. The summed E-state index contributed by atoms with van der Waals surface area (Å²) in [5.41, 5.74) is 2.73. The van der Waals surface area contributed by atoms with Crippen molar-refractivity contribution >= 4 is 0 Å². The Morgan fingerprint density at radius 1 is 1.00 bits per heavy atom. The summed E-state index contributed by atoms with van der Waals surface area (Å²) in [7, 11) is 0. The van der Waals surface area contributed by atoms with Crippen molar-refractivity contribution in [2.24, 2.45) is 11.8 Å². The third kappa shape index (κ3) is 5.64. The molecule has 0 amide bonds. The number of aliphatic hydroxyl groups is 1. The lowest BCUT2D eigenvalue weighted by atomic mass is 9.97. The van der Waals surface area contributed by atoms with E-state index >= 15 is 0 Å². The van der Waals surface area contributed by atoms with Crippen LogP contribution in [0.15, 0.2) is 24.3 Å². The van der Waals surface area contributed by atoms with E-state index in [9.17, 15) is 0 Å². The molecular formula is C18H31NO. The van der Waals surface area contributed by atoms with Crippen LogP contribution in [-0.4, -0.2) is 17.8 Å². The molecule has 0 aliphatic rings. The van der Waals surface area contributed by atoms with E-state index in [1.165, 1.54) is 11.1 Å². The van der Waals surface area contributed by atoms with E-state index < -0.39 is 0 Å². The van der Waals surface area contributed by atoms with Gasteiger partial charge in [-0.15, -0.1) is 0 Å². The van der Waals surface area contributed by atoms with Crippen molar-refractivity contribution in [3.8, 4) is 0 Å². The quantitative estimate of drug-likeness (QED) is 0.754. The van der Waals surface area contributed by atoms with Gasteiger partial charge in [0.15, 0.2) is 0 Å². The third-order valence-electron chi connectivity index (χ3n) is 3.83. The molecular weight excluding hydrogens is 246 g/mol. The van der Waals surface area contributed by atoms with Crippen molar-refractivity contribution in [1.82, 2.24) is 5.32 Å². The molecule has 2 atom stereocenters. The first kappa shape index (κ1) is 17.2. The highest BCUT2D eigenvalue weighted by Crippen LogP contribution is 2.18. The molecule has 114 valence electrons. The molecule has 20 heavy (non-hydrogen) atoms. The molecule has 0 bridgehead atoms. The van der Waals surface area contributed by atoms with Gasteiger partial charge in [0.25, 0.3) is 0 Å². The number of rotatable bonds is 8. The lowest BCUT2D eigenvalue weighted by Gasteiger charge is -2.26. The second-order valence-corrected chi connectivity index (χ2v) is 6.59. The SMILES string of the molecule is CC(C)Cc1ccc(C(C)NC(CCO)C(C)C)cc1. The van der Waals surface area contributed by atoms with E-state index in [0.29, 0.717) is 23.9 Å². The van der Waals surface area contributed by atoms with Gasteiger partial charge in [0.1, 0.15) is 0 Å². The van der Waals surface area contributed by atoms with Crippen LogP contribution < -0.4 is 5.32 Å². The maximum atomic E-state index is 9.15. The van der Waals surface area contributed by atoms with Crippen molar-refractivity contribution in [1.29, 1.82) is 0 Å². The Morgan fingerprint density at radius 3 is 2.05 bits per heavy atom. The summed E-state index contributed by atoms with van der Waals surface area (Å²) in [6.07, 6.45) is 1.95. The second kappa shape index (κ2) is 8.43. The average Bonchev–Trinajstić information content (AvgIpc) is 2.38. The van der Waals surface area contributed by atoms with Crippen LogP contribution >= 0.6 is 0 Å². The van der Waals surface area contributed by atoms with Gasteiger partial charge in [-0.25, -0.2) is 0 Å². The van der Waals surface area contributed by atoms with Gasteiger partial charge < -0.3 is 10.4 Å². The molecule has 0 saturated carbocycles. The van der Waals surface area contributed by atoms with Gasteiger partial charge in [-0.2, -0.15) is 0 Å². The Bertz CT molecular complexity index is 370. The molecule has 0 saturated heterocycles. The average molecular weight is 277 g/mol. The molecule has 1 rings (SSSR count). The van der Waals surface area contributed by atoms with Crippen molar-refractivity contribution in [3.05, 3.63) is 35.4 Å². The predicted octanol–water partition coefficient (Wildman–Crippen LogP) is 3.94. The summed E-state index contributed by atoms with van der Waals surface area (Å²) in [4.78, 5) is 0. The Kier molecular flexibility index (Phi) is 7.25. The Hall–Kier alpha value is -0.860. The summed E-state index contributed by atoms with van der Waals surface area (Å²) < 4.78 is 0. The number of hydrogen-bond donors (Lipinski definition) is 2. The molecule has 0 aromatic heterocycles. The summed E-state index contributed by atoms with van der Waals surface area (Å²) in [6, 6.07) is 9.62. The van der Waals surface area contributed by atoms with Crippen LogP contribution in [0.4, 0.5) is 0 Å². The van der Waals surface area contributed by atoms with E-state index in [2.05, 4.69) is 64.2 Å². The molecule has 2 N–H and O–H groups in total. The van der Waals surface area contributed by atoms with Crippen molar-refractivity contribution < 1.29 is 5.11 Å². The normalized spacial score (nSPS) is 14.8. The molecule has 1 aromatic rings. The summed E-state index contributed by atoms with van der Waals surface area (Å²) in [6.45, 7) is 11.3. The van der Waals surface area contributed by atoms with Crippen molar-refractivity contribution in [2.45, 2.75) is 59.5 Å². The maximum Gasteiger partial charge on any atom is 0.0445 e. The zero-order valence-corrected chi connectivity index (χ0v) is 13.7. The lowest BCUT2D eigenvalue weighted by molar-refractivity contribution is 0.237. The van der Waals surface area contributed by atoms with Gasteiger partial charge in [0.2, 0.25) is 0 Å². The van der Waals surface area contributed by atoms with Gasteiger partial charge in [-0.1, -0.05) is 52.0 Å². The summed E-state index contributed by atoms with van der Waals surface area (Å²) in [5.74, 6) is 1.23. The fourth-order valence-corrected chi connectivity index (χ4v) is 2.58. The maximum absolute atomic E-state index is 9.15. The zero-order valence-electron chi connectivity index (χ0n) is 13.7. The topological polar surface area (TPSA) is 32.3 Å². The predicted molar refractivity (Wildman–Crippen MR) is 86.9 cm³/mol. The molecule has 0 heterocycles. The minimum absolute atomic E-state index is 0.246. The van der Waals surface area contributed by atoms with Crippen LogP contribution in [0.3, 0.4) is 0 Å². The molecule has 0 aliphatic heterocycles. The van der Waals surface area contributed by atoms with Crippen molar-refractivity contribution in [2.75, 3.05) is 6.61 Å². The van der Waals surface area contributed by atoms with Crippen LogP contribution in [0.2, 0.25) is 0 Å². The smallest absolute Gasteiger partial charge is 0.0445 e. The van der Waals surface area contributed by atoms with E-state index in [1.54, 1.807) is 0 Å². The number of nitrogens with one attached hydrogen (secondary N) is 1. The van der Waals surface area contributed by atoms with Crippen LogP contribution in [-0.2, 0) is 6.42 Å². The largest absolute Gasteiger partial charge is 0.396 e. The van der Waals surface area contributed by atoms with Crippen LogP contribution in [0, 0.1) is 11.8 Å². The second-order valence-electron chi connectivity index (χ2n) is 6.59. The summed E-state index contributed by atoms with van der Waals surface area (Å²) >= 11 is 0. The van der Waals surface area contributed by atoms with E-state index in [0.717, 1.165) is 12.8 Å². The Labute approximate surface area is 124 Å². The molecule has 0 aliphatic carbocycles. The molecule has 2 nitrogen and oxygen atoms in total. The monoisotopic (exact) mass is 277 g/mol. The van der Waals surface area contributed by atoms with Crippen LogP contribution in [0.1, 0.15) is 58.2 Å². The fourth-order valence-electron chi connectivity index (χ4n) is 2.58. The van der Waals surface area contributed by atoms with Gasteiger partial charge in [0.05, 0.1) is 0 Å². The number of benzene rings is 1. The highest BCUT2D eigenvalue weighted by Gasteiger charge is 2.16. The number of aliphatic hydroxyl groups excluding tert-OH is 1.